The van der Waals surface area contributed by atoms with Gasteiger partial charge < -0.3 is 14.6 Å². The van der Waals surface area contributed by atoms with Crippen LogP contribution in [0.5, 0.6) is 0 Å². The molecular formula is C23H22N2O5. The van der Waals surface area contributed by atoms with Crippen molar-refractivity contribution >= 4 is 23.5 Å². The SMILES string of the molecule is Cc1cc(NC(=O)[C@@H](C)OC(=O)CCC(=O)c2ccc(-c3ccccc3)cc2)no1. The molecule has 3 aromatic rings. The Kier molecular flexibility index (Phi) is 6.75. The molecule has 154 valence electrons. The van der Waals surface area contributed by atoms with Crippen molar-refractivity contribution in [2.45, 2.75) is 32.8 Å². The first-order valence-corrected chi connectivity index (χ1v) is 9.55. The molecule has 0 bridgehead atoms. The molecule has 1 amide bonds. The number of rotatable bonds is 8. The van der Waals surface area contributed by atoms with Gasteiger partial charge in [-0.05, 0) is 25.0 Å². The number of carbonyl (C=O) groups excluding carboxylic acids is 3. The fourth-order valence-electron chi connectivity index (χ4n) is 2.80. The van der Waals surface area contributed by atoms with Crippen LogP contribution in [0.15, 0.2) is 65.2 Å². The van der Waals surface area contributed by atoms with Gasteiger partial charge in [0.2, 0.25) is 0 Å². The molecule has 0 saturated carbocycles. The molecule has 1 atom stereocenters. The fraction of sp³-hybridized carbons (Fsp3) is 0.217. The Balaban J connectivity index is 1.46. The highest BCUT2D eigenvalue weighted by atomic mass is 16.5. The predicted octanol–water partition coefficient (Wildman–Crippen LogP) is 4.18. The summed E-state index contributed by atoms with van der Waals surface area (Å²) in [4.78, 5) is 36.4. The second-order valence-corrected chi connectivity index (χ2v) is 6.81. The van der Waals surface area contributed by atoms with Crippen molar-refractivity contribution in [1.29, 1.82) is 0 Å². The van der Waals surface area contributed by atoms with E-state index >= 15 is 0 Å². The molecule has 0 fully saturated rings. The lowest BCUT2D eigenvalue weighted by atomic mass is 10.0. The zero-order valence-electron chi connectivity index (χ0n) is 16.8. The summed E-state index contributed by atoms with van der Waals surface area (Å²) in [6.07, 6.45) is -1.13. The van der Waals surface area contributed by atoms with Crippen molar-refractivity contribution in [3.05, 3.63) is 72.0 Å². The van der Waals surface area contributed by atoms with Crippen LogP contribution in [0.3, 0.4) is 0 Å². The van der Waals surface area contributed by atoms with Crippen molar-refractivity contribution in [3.8, 4) is 11.1 Å². The van der Waals surface area contributed by atoms with E-state index in [2.05, 4.69) is 10.5 Å². The molecule has 1 heterocycles. The number of ether oxygens (including phenoxy) is 1. The van der Waals surface area contributed by atoms with Gasteiger partial charge in [-0.1, -0.05) is 59.8 Å². The Labute approximate surface area is 174 Å². The minimum Gasteiger partial charge on any atom is -0.453 e. The third-order valence-corrected chi connectivity index (χ3v) is 4.43. The van der Waals surface area contributed by atoms with Gasteiger partial charge >= 0.3 is 5.97 Å². The summed E-state index contributed by atoms with van der Waals surface area (Å²) in [5.41, 5.74) is 2.59. The molecule has 0 spiro atoms. The number of esters is 1. The van der Waals surface area contributed by atoms with Crippen LogP contribution in [0.25, 0.3) is 11.1 Å². The topological polar surface area (TPSA) is 98.5 Å². The van der Waals surface area contributed by atoms with Gasteiger partial charge in [0.15, 0.2) is 17.7 Å². The molecule has 0 saturated heterocycles. The number of hydrogen-bond acceptors (Lipinski definition) is 6. The summed E-state index contributed by atoms with van der Waals surface area (Å²) in [5, 5.41) is 6.13. The average Bonchev–Trinajstić information content (AvgIpc) is 3.17. The number of nitrogens with one attached hydrogen (secondary N) is 1. The molecule has 0 aliphatic carbocycles. The van der Waals surface area contributed by atoms with Crippen LogP contribution in [-0.2, 0) is 14.3 Å². The number of carbonyl (C=O) groups is 3. The zero-order valence-corrected chi connectivity index (χ0v) is 16.8. The maximum atomic E-state index is 12.4. The van der Waals surface area contributed by atoms with Crippen LogP contribution in [0.4, 0.5) is 5.82 Å². The number of aromatic nitrogens is 1. The number of benzene rings is 2. The zero-order chi connectivity index (χ0) is 21.5. The molecule has 7 heteroatoms. The highest BCUT2D eigenvalue weighted by molar-refractivity contribution is 5.98. The van der Waals surface area contributed by atoms with Crippen LogP contribution >= 0.6 is 0 Å². The molecule has 0 aliphatic rings. The summed E-state index contributed by atoms with van der Waals surface area (Å²) in [6.45, 7) is 3.14. The van der Waals surface area contributed by atoms with Crippen molar-refractivity contribution in [2.75, 3.05) is 5.32 Å². The standard InChI is InChI=1S/C23H22N2O5/c1-15-14-21(25-30-15)24-23(28)16(2)29-22(27)13-12-20(26)19-10-8-18(9-11-19)17-6-4-3-5-7-17/h3-11,14,16H,12-13H2,1-2H3,(H,24,25,28)/t16-/m1/s1. The number of anilines is 1. The van der Waals surface area contributed by atoms with Gasteiger partial charge in [-0.15, -0.1) is 0 Å². The average molecular weight is 406 g/mol. The van der Waals surface area contributed by atoms with Gasteiger partial charge in [-0.2, -0.15) is 0 Å². The maximum absolute atomic E-state index is 12.4. The molecule has 3 rings (SSSR count). The third kappa shape index (κ3) is 5.64. The Bertz CT molecular complexity index is 1030. The normalized spacial score (nSPS) is 11.5. The molecule has 0 radical (unpaired) electrons. The molecule has 30 heavy (non-hydrogen) atoms. The largest absolute Gasteiger partial charge is 0.453 e. The fourth-order valence-corrected chi connectivity index (χ4v) is 2.80. The van der Waals surface area contributed by atoms with E-state index in [1.165, 1.54) is 6.92 Å². The van der Waals surface area contributed by atoms with E-state index in [-0.39, 0.29) is 24.4 Å². The minimum absolute atomic E-state index is 0.000334. The molecule has 0 unspecified atom stereocenters. The number of Topliss-reactive ketones (excluding diaryl/α,β-unsaturated/α-hetero) is 1. The van der Waals surface area contributed by atoms with Gasteiger partial charge in [-0.3, -0.25) is 14.4 Å². The second kappa shape index (κ2) is 9.65. The Morgan fingerprint density at radius 1 is 1.00 bits per heavy atom. The summed E-state index contributed by atoms with van der Waals surface area (Å²) in [5.74, 6) is -0.524. The quantitative estimate of drug-likeness (QED) is 0.445. The van der Waals surface area contributed by atoms with E-state index in [1.807, 2.05) is 42.5 Å². The minimum atomic E-state index is -1.02. The molecule has 2 aromatic carbocycles. The van der Waals surface area contributed by atoms with E-state index in [4.69, 9.17) is 9.26 Å². The highest BCUT2D eigenvalue weighted by Gasteiger charge is 2.20. The highest BCUT2D eigenvalue weighted by Crippen LogP contribution is 2.20. The Morgan fingerprint density at radius 2 is 1.67 bits per heavy atom. The summed E-state index contributed by atoms with van der Waals surface area (Å²) in [6, 6.07) is 18.6. The van der Waals surface area contributed by atoms with E-state index in [9.17, 15) is 14.4 Å². The van der Waals surface area contributed by atoms with Crippen LogP contribution in [0.1, 0.15) is 35.9 Å². The first kappa shape index (κ1) is 21.0. The monoisotopic (exact) mass is 406 g/mol. The van der Waals surface area contributed by atoms with Gasteiger partial charge in [0.1, 0.15) is 5.76 Å². The Morgan fingerprint density at radius 3 is 2.30 bits per heavy atom. The number of amides is 1. The molecule has 7 nitrogen and oxygen atoms in total. The van der Waals surface area contributed by atoms with E-state index < -0.39 is 18.0 Å². The Hall–Kier alpha value is -3.74. The van der Waals surface area contributed by atoms with Crippen LogP contribution in [-0.4, -0.2) is 28.9 Å². The molecule has 1 N–H and O–H groups in total. The first-order chi connectivity index (χ1) is 14.4. The van der Waals surface area contributed by atoms with Crippen molar-refractivity contribution < 1.29 is 23.6 Å². The number of aryl methyl sites for hydroxylation is 1. The third-order valence-electron chi connectivity index (χ3n) is 4.43. The van der Waals surface area contributed by atoms with Crippen molar-refractivity contribution in [1.82, 2.24) is 5.16 Å². The molecule has 1 aromatic heterocycles. The summed E-state index contributed by atoms with van der Waals surface area (Å²) in [7, 11) is 0. The lowest BCUT2D eigenvalue weighted by Gasteiger charge is -2.12. The summed E-state index contributed by atoms with van der Waals surface area (Å²) < 4.78 is 9.95. The van der Waals surface area contributed by atoms with Gasteiger partial charge in [-0.25, -0.2) is 0 Å². The van der Waals surface area contributed by atoms with E-state index in [0.717, 1.165) is 11.1 Å². The van der Waals surface area contributed by atoms with E-state index in [0.29, 0.717) is 11.3 Å². The number of hydrogen-bond donors (Lipinski definition) is 1. The molecule has 0 aliphatic heterocycles. The van der Waals surface area contributed by atoms with Crippen LogP contribution in [0.2, 0.25) is 0 Å². The van der Waals surface area contributed by atoms with Gasteiger partial charge in [0.25, 0.3) is 5.91 Å². The van der Waals surface area contributed by atoms with E-state index in [1.54, 1.807) is 25.1 Å². The molecular weight excluding hydrogens is 384 g/mol. The van der Waals surface area contributed by atoms with Crippen LogP contribution in [0, 0.1) is 6.92 Å². The van der Waals surface area contributed by atoms with Crippen molar-refractivity contribution in [3.63, 3.8) is 0 Å². The lowest BCUT2D eigenvalue weighted by molar-refractivity contribution is -0.153. The first-order valence-electron chi connectivity index (χ1n) is 9.55. The second-order valence-electron chi connectivity index (χ2n) is 6.81. The van der Waals surface area contributed by atoms with Gasteiger partial charge in [0.05, 0.1) is 6.42 Å². The number of ketones is 1. The smallest absolute Gasteiger partial charge is 0.307 e. The lowest BCUT2D eigenvalue weighted by Crippen LogP contribution is -2.30. The van der Waals surface area contributed by atoms with Crippen LogP contribution < -0.4 is 5.32 Å². The summed E-state index contributed by atoms with van der Waals surface area (Å²) >= 11 is 0. The maximum Gasteiger partial charge on any atom is 0.307 e. The predicted molar refractivity (Wildman–Crippen MR) is 111 cm³/mol. The van der Waals surface area contributed by atoms with Gasteiger partial charge in [0, 0.05) is 18.1 Å². The van der Waals surface area contributed by atoms with Crippen molar-refractivity contribution in [2.24, 2.45) is 0 Å². The number of nitrogens with zero attached hydrogens (tertiary/aromatic N) is 1.